The molecule has 0 bridgehead atoms. The van der Waals surface area contributed by atoms with Gasteiger partial charge in [0, 0.05) is 36.3 Å². The number of hydrogen-bond donors (Lipinski definition) is 1. The van der Waals surface area contributed by atoms with Crippen LogP contribution in [-0.4, -0.2) is 54.9 Å². The van der Waals surface area contributed by atoms with Crippen molar-refractivity contribution in [3.63, 3.8) is 0 Å². The molecule has 156 valence electrons. The van der Waals surface area contributed by atoms with Crippen molar-refractivity contribution in [3.8, 4) is 28.5 Å². The van der Waals surface area contributed by atoms with Crippen molar-refractivity contribution >= 4 is 5.91 Å². The summed E-state index contributed by atoms with van der Waals surface area (Å²) < 4.78 is 16.0. The highest BCUT2D eigenvalue weighted by Gasteiger charge is 2.23. The lowest BCUT2D eigenvalue weighted by molar-refractivity contribution is -0.133. The van der Waals surface area contributed by atoms with Gasteiger partial charge in [-0.3, -0.25) is 9.89 Å². The van der Waals surface area contributed by atoms with E-state index in [0.717, 1.165) is 41.3 Å². The van der Waals surface area contributed by atoms with Gasteiger partial charge in [0.1, 0.15) is 17.2 Å². The van der Waals surface area contributed by atoms with E-state index in [9.17, 15) is 4.79 Å². The van der Waals surface area contributed by atoms with Gasteiger partial charge < -0.3 is 19.1 Å². The summed E-state index contributed by atoms with van der Waals surface area (Å²) in [7, 11) is 3.27. The molecule has 4 rings (SSSR count). The maximum Gasteiger partial charge on any atom is 0.260 e. The summed E-state index contributed by atoms with van der Waals surface area (Å²) >= 11 is 0. The van der Waals surface area contributed by atoms with Gasteiger partial charge in [-0.1, -0.05) is 0 Å². The van der Waals surface area contributed by atoms with Gasteiger partial charge in [-0.2, -0.15) is 5.10 Å². The van der Waals surface area contributed by atoms with E-state index in [1.807, 2.05) is 41.3 Å². The van der Waals surface area contributed by atoms with E-state index in [1.54, 1.807) is 26.4 Å². The minimum atomic E-state index is -0.0186. The Balaban J connectivity index is 1.38. The first-order valence-electron chi connectivity index (χ1n) is 9.93. The molecule has 0 saturated carbocycles. The van der Waals surface area contributed by atoms with Crippen molar-refractivity contribution in [3.05, 3.63) is 59.8 Å². The van der Waals surface area contributed by atoms with E-state index in [0.29, 0.717) is 18.8 Å². The van der Waals surface area contributed by atoms with Crippen molar-refractivity contribution < 1.29 is 19.0 Å². The summed E-state index contributed by atoms with van der Waals surface area (Å²) in [5, 5.41) is 7.68. The van der Waals surface area contributed by atoms with E-state index < -0.39 is 0 Å². The van der Waals surface area contributed by atoms with Crippen molar-refractivity contribution in [1.29, 1.82) is 0 Å². The van der Waals surface area contributed by atoms with E-state index in [1.165, 1.54) is 5.56 Å². The number of fused-ring (bicyclic) bond motifs is 1. The first-order valence-corrected chi connectivity index (χ1v) is 9.93. The van der Waals surface area contributed by atoms with Gasteiger partial charge in [0.2, 0.25) is 0 Å². The molecule has 1 aliphatic heterocycles. The Morgan fingerprint density at radius 2 is 1.53 bits per heavy atom. The van der Waals surface area contributed by atoms with Gasteiger partial charge in [0.25, 0.3) is 5.91 Å². The Morgan fingerprint density at radius 1 is 0.933 bits per heavy atom. The first-order chi connectivity index (χ1) is 14.7. The summed E-state index contributed by atoms with van der Waals surface area (Å²) in [6.07, 6.45) is 1.49. The summed E-state index contributed by atoms with van der Waals surface area (Å²) in [6, 6.07) is 15.1. The summed E-state index contributed by atoms with van der Waals surface area (Å²) in [5.41, 5.74) is 4.24. The van der Waals surface area contributed by atoms with E-state index in [2.05, 4.69) is 10.2 Å². The third-order valence-electron chi connectivity index (χ3n) is 5.35. The van der Waals surface area contributed by atoms with Crippen LogP contribution in [0, 0.1) is 0 Å². The number of methoxy groups -OCH3 is 2. The van der Waals surface area contributed by atoms with Gasteiger partial charge in [0.15, 0.2) is 6.61 Å². The van der Waals surface area contributed by atoms with Crippen LogP contribution < -0.4 is 14.2 Å². The second-order valence-corrected chi connectivity index (χ2v) is 7.10. The second kappa shape index (κ2) is 8.90. The number of nitrogens with one attached hydrogen (secondary N) is 1. The number of carbonyl (C=O) groups excluding carboxylic acids is 1. The molecular weight excluding hydrogens is 382 g/mol. The Hall–Kier alpha value is -3.48. The molecule has 0 aliphatic carbocycles. The van der Waals surface area contributed by atoms with Gasteiger partial charge >= 0.3 is 0 Å². The van der Waals surface area contributed by atoms with Crippen LogP contribution >= 0.6 is 0 Å². The highest BCUT2D eigenvalue weighted by molar-refractivity contribution is 5.78. The average Bonchev–Trinajstić information content (AvgIpc) is 3.08. The van der Waals surface area contributed by atoms with E-state index in [-0.39, 0.29) is 12.5 Å². The first kappa shape index (κ1) is 19.8. The summed E-state index contributed by atoms with van der Waals surface area (Å²) in [5.74, 6) is 2.20. The Labute approximate surface area is 175 Å². The molecule has 0 radical (unpaired) electrons. The smallest absolute Gasteiger partial charge is 0.260 e. The molecule has 0 fully saturated rings. The zero-order chi connectivity index (χ0) is 20.9. The lowest BCUT2D eigenvalue weighted by Crippen LogP contribution is -2.36. The average molecular weight is 407 g/mol. The Kier molecular flexibility index (Phi) is 5.88. The summed E-state index contributed by atoms with van der Waals surface area (Å²) in [4.78, 5) is 14.5. The maximum atomic E-state index is 12.7. The monoisotopic (exact) mass is 407 g/mol. The van der Waals surface area contributed by atoms with Crippen molar-refractivity contribution in [2.24, 2.45) is 0 Å². The van der Waals surface area contributed by atoms with Gasteiger partial charge in [-0.25, -0.2) is 0 Å². The van der Waals surface area contributed by atoms with Crippen LogP contribution in [-0.2, 0) is 17.6 Å². The third-order valence-corrected chi connectivity index (χ3v) is 5.35. The number of ether oxygens (including phenoxy) is 3. The highest BCUT2D eigenvalue weighted by Crippen LogP contribution is 2.28. The maximum absolute atomic E-state index is 12.7. The molecule has 2 aromatic carbocycles. The van der Waals surface area contributed by atoms with E-state index in [4.69, 9.17) is 14.2 Å². The lowest BCUT2D eigenvalue weighted by Gasteiger charge is -2.20. The fraction of sp³-hybridized carbons (Fsp3) is 0.304. The van der Waals surface area contributed by atoms with Crippen LogP contribution in [0.15, 0.2) is 48.5 Å². The molecule has 7 nitrogen and oxygen atoms in total. The summed E-state index contributed by atoms with van der Waals surface area (Å²) in [6.45, 7) is 1.30. The number of amides is 1. The largest absolute Gasteiger partial charge is 0.497 e. The van der Waals surface area contributed by atoms with Gasteiger partial charge in [-0.05, 0) is 55.0 Å². The Morgan fingerprint density at radius 3 is 2.20 bits per heavy atom. The highest BCUT2D eigenvalue weighted by atomic mass is 16.5. The van der Waals surface area contributed by atoms with Crippen LogP contribution in [0.5, 0.6) is 17.2 Å². The topological polar surface area (TPSA) is 76.7 Å². The minimum absolute atomic E-state index is 0.0177. The number of H-pyrrole nitrogens is 1. The number of benzene rings is 2. The third kappa shape index (κ3) is 4.25. The molecule has 1 aromatic heterocycles. The molecule has 0 saturated heterocycles. The quantitative estimate of drug-likeness (QED) is 0.680. The van der Waals surface area contributed by atoms with Crippen molar-refractivity contribution in [2.75, 3.05) is 33.9 Å². The SMILES string of the molecule is COc1ccc(OCC(=O)N2CCc3[nH]nc(-c4ccc(OC)cc4)c3CC2)cc1. The minimum Gasteiger partial charge on any atom is -0.497 e. The number of nitrogens with zero attached hydrogens (tertiary/aromatic N) is 2. The molecule has 3 aromatic rings. The predicted molar refractivity (Wildman–Crippen MR) is 113 cm³/mol. The molecule has 2 heterocycles. The zero-order valence-electron chi connectivity index (χ0n) is 17.2. The molecule has 0 atom stereocenters. The fourth-order valence-corrected chi connectivity index (χ4v) is 3.63. The molecule has 1 aliphatic rings. The molecule has 0 spiro atoms. The number of hydrogen-bond acceptors (Lipinski definition) is 5. The van der Waals surface area contributed by atoms with Crippen LogP contribution in [0.1, 0.15) is 11.3 Å². The fourth-order valence-electron chi connectivity index (χ4n) is 3.63. The van der Waals surface area contributed by atoms with E-state index >= 15 is 0 Å². The predicted octanol–water partition coefficient (Wildman–Crippen LogP) is 3.10. The molecule has 1 amide bonds. The molecule has 7 heteroatoms. The molecular formula is C23H25N3O4. The van der Waals surface area contributed by atoms with Gasteiger partial charge in [0.05, 0.1) is 19.9 Å². The van der Waals surface area contributed by atoms with Gasteiger partial charge in [-0.15, -0.1) is 0 Å². The molecule has 1 N–H and O–H groups in total. The lowest BCUT2D eigenvalue weighted by atomic mass is 10.0. The number of aromatic nitrogens is 2. The van der Waals surface area contributed by atoms with Crippen LogP contribution in [0.2, 0.25) is 0 Å². The molecule has 30 heavy (non-hydrogen) atoms. The Bertz CT molecular complexity index is 996. The van der Waals surface area contributed by atoms with Crippen LogP contribution in [0.3, 0.4) is 0 Å². The normalized spacial score (nSPS) is 13.3. The second-order valence-electron chi connectivity index (χ2n) is 7.10. The van der Waals surface area contributed by atoms with Crippen LogP contribution in [0.4, 0.5) is 0 Å². The number of aromatic amines is 1. The number of carbonyl (C=O) groups is 1. The van der Waals surface area contributed by atoms with Crippen molar-refractivity contribution in [1.82, 2.24) is 15.1 Å². The van der Waals surface area contributed by atoms with Crippen LogP contribution in [0.25, 0.3) is 11.3 Å². The van der Waals surface area contributed by atoms with Crippen molar-refractivity contribution in [2.45, 2.75) is 12.8 Å². The molecule has 0 unspecified atom stereocenters. The zero-order valence-corrected chi connectivity index (χ0v) is 17.2. The standard InChI is InChI=1S/C23H25N3O4/c1-28-17-5-3-16(4-6-17)23-20-11-13-26(14-12-21(20)24-25-23)22(27)15-30-19-9-7-18(29-2)8-10-19/h3-10H,11-15H2,1-2H3,(H,24,25). The number of rotatable bonds is 6.